The molecule has 0 aromatic carbocycles. The number of carbonyl (C=O) groups excluding carboxylic acids is 1. The Bertz CT molecular complexity index is 523. The summed E-state index contributed by atoms with van der Waals surface area (Å²) < 4.78 is 26.7. The van der Waals surface area contributed by atoms with Crippen LogP contribution in [0.4, 0.5) is 8.78 Å². The molecule has 7 heteroatoms. The van der Waals surface area contributed by atoms with Crippen LogP contribution in [0.3, 0.4) is 0 Å². The van der Waals surface area contributed by atoms with Crippen LogP contribution in [0.15, 0.2) is 6.07 Å². The molecule has 1 amide bonds. The third-order valence-electron chi connectivity index (χ3n) is 4.68. The van der Waals surface area contributed by atoms with Crippen LogP contribution < -0.4 is 5.32 Å². The molecule has 1 aromatic rings. The van der Waals surface area contributed by atoms with Gasteiger partial charge in [0.05, 0.1) is 18.3 Å². The van der Waals surface area contributed by atoms with Crippen molar-refractivity contribution in [2.75, 3.05) is 13.1 Å². The minimum Gasteiger partial charge on any atom is -0.349 e. The topological polar surface area (TPSA) is 50.2 Å². The first-order valence-corrected chi connectivity index (χ1v) is 8.49. The zero-order chi connectivity index (χ0) is 16.2. The van der Waals surface area contributed by atoms with Gasteiger partial charge in [-0.1, -0.05) is 6.42 Å². The summed E-state index contributed by atoms with van der Waals surface area (Å²) in [5.74, 6) is -0.283. The van der Waals surface area contributed by atoms with E-state index in [0.29, 0.717) is 6.54 Å². The summed E-state index contributed by atoms with van der Waals surface area (Å²) in [6.45, 7) is 1.83. The molecule has 1 N–H and O–H groups in total. The summed E-state index contributed by atoms with van der Waals surface area (Å²) in [5.41, 5.74) is 2.25. The van der Waals surface area contributed by atoms with Gasteiger partial charge in [0.2, 0.25) is 5.91 Å². The van der Waals surface area contributed by atoms with Gasteiger partial charge in [0.25, 0.3) is 6.43 Å². The lowest BCUT2D eigenvalue weighted by atomic mass is 10.0. The minimum absolute atomic E-state index is 0.283. The van der Waals surface area contributed by atoms with Gasteiger partial charge in [0, 0.05) is 18.8 Å². The molecule has 5 nitrogen and oxygen atoms in total. The van der Waals surface area contributed by atoms with Gasteiger partial charge < -0.3 is 5.32 Å². The minimum atomic E-state index is -2.50. The highest BCUT2D eigenvalue weighted by Gasteiger charge is 2.29. The van der Waals surface area contributed by atoms with E-state index in [4.69, 9.17) is 0 Å². The van der Waals surface area contributed by atoms with E-state index in [1.807, 2.05) is 0 Å². The monoisotopic (exact) mass is 326 g/mol. The molecule has 0 radical (unpaired) electrons. The van der Waals surface area contributed by atoms with Crippen LogP contribution in [0.25, 0.3) is 0 Å². The van der Waals surface area contributed by atoms with Crippen molar-refractivity contribution in [2.24, 2.45) is 0 Å². The number of nitrogens with zero attached hydrogens (tertiary/aromatic N) is 3. The van der Waals surface area contributed by atoms with Crippen molar-refractivity contribution in [1.29, 1.82) is 0 Å². The number of carbonyl (C=O) groups is 1. The smallest absolute Gasteiger partial charge is 0.255 e. The lowest BCUT2D eigenvalue weighted by molar-refractivity contribution is -0.128. The van der Waals surface area contributed by atoms with E-state index in [9.17, 15) is 13.6 Å². The highest BCUT2D eigenvalue weighted by atomic mass is 19.3. The third-order valence-corrected chi connectivity index (χ3v) is 4.68. The number of hydrogen-bond donors (Lipinski definition) is 1. The molecule has 0 bridgehead atoms. The first-order chi connectivity index (χ1) is 11.1. The number of hydrogen-bond acceptors (Lipinski definition) is 3. The maximum Gasteiger partial charge on any atom is 0.255 e. The molecule has 0 saturated carbocycles. The second kappa shape index (κ2) is 7.38. The Morgan fingerprint density at radius 3 is 2.91 bits per heavy atom. The SMILES string of the molecule is O=C(NCC(F)F)[C@@H]1CCCCN1Cc1cc2n(n1)CCCC2. The van der Waals surface area contributed by atoms with Gasteiger partial charge >= 0.3 is 0 Å². The lowest BCUT2D eigenvalue weighted by Gasteiger charge is -2.34. The molecule has 1 atom stereocenters. The number of aryl methyl sites for hydroxylation is 2. The van der Waals surface area contributed by atoms with Gasteiger partial charge in [-0.05, 0) is 44.7 Å². The number of nitrogens with one attached hydrogen (secondary N) is 1. The fourth-order valence-corrected chi connectivity index (χ4v) is 3.54. The largest absolute Gasteiger partial charge is 0.349 e. The van der Waals surface area contributed by atoms with Gasteiger partial charge in [-0.15, -0.1) is 0 Å². The molecular formula is C16H24F2N4O. The molecule has 0 spiro atoms. The second-order valence-electron chi connectivity index (χ2n) is 6.43. The highest BCUT2D eigenvalue weighted by Crippen LogP contribution is 2.21. The Labute approximate surface area is 135 Å². The molecule has 0 unspecified atom stereocenters. The number of halogens is 2. The Morgan fingerprint density at radius 2 is 2.13 bits per heavy atom. The molecule has 2 aliphatic rings. The summed E-state index contributed by atoms with van der Waals surface area (Å²) in [4.78, 5) is 14.3. The maximum absolute atomic E-state index is 12.3. The molecule has 1 saturated heterocycles. The van der Waals surface area contributed by atoms with Crippen LogP contribution in [-0.4, -0.2) is 46.1 Å². The van der Waals surface area contributed by atoms with E-state index in [1.54, 1.807) is 0 Å². The highest BCUT2D eigenvalue weighted by molar-refractivity contribution is 5.81. The summed E-state index contributed by atoms with van der Waals surface area (Å²) in [7, 11) is 0. The third kappa shape index (κ3) is 4.07. The quantitative estimate of drug-likeness (QED) is 0.900. The zero-order valence-electron chi connectivity index (χ0n) is 13.3. The van der Waals surface area contributed by atoms with Crippen molar-refractivity contribution in [3.8, 4) is 0 Å². The fourth-order valence-electron chi connectivity index (χ4n) is 3.54. The Kier molecular flexibility index (Phi) is 5.25. The fraction of sp³-hybridized carbons (Fsp3) is 0.750. The molecule has 23 heavy (non-hydrogen) atoms. The van der Waals surface area contributed by atoms with Gasteiger partial charge in [-0.2, -0.15) is 5.10 Å². The van der Waals surface area contributed by atoms with Gasteiger partial charge in [-0.3, -0.25) is 14.4 Å². The predicted octanol–water partition coefficient (Wildman–Crippen LogP) is 1.96. The van der Waals surface area contributed by atoms with Crippen molar-refractivity contribution in [3.05, 3.63) is 17.5 Å². The number of rotatable bonds is 5. The predicted molar refractivity (Wildman–Crippen MR) is 82.2 cm³/mol. The van der Waals surface area contributed by atoms with Crippen molar-refractivity contribution in [2.45, 2.75) is 64.1 Å². The van der Waals surface area contributed by atoms with E-state index < -0.39 is 13.0 Å². The van der Waals surface area contributed by atoms with Crippen molar-refractivity contribution < 1.29 is 13.6 Å². The Morgan fingerprint density at radius 1 is 1.30 bits per heavy atom. The van der Waals surface area contributed by atoms with E-state index in [1.165, 1.54) is 12.1 Å². The van der Waals surface area contributed by atoms with E-state index >= 15 is 0 Å². The van der Waals surface area contributed by atoms with Crippen molar-refractivity contribution >= 4 is 5.91 Å². The number of likely N-dealkylation sites (tertiary alicyclic amines) is 1. The zero-order valence-corrected chi connectivity index (χ0v) is 13.3. The van der Waals surface area contributed by atoms with Crippen LogP contribution in [0, 0.1) is 0 Å². The van der Waals surface area contributed by atoms with Crippen LogP contribution in [-0.2, 0) is 24.3 Å². The summed E-state index contributed by atoms with van der Waals surface area (Å²) >= 11 is 0. The molecular weight excluding hydrogens is 302 g/mol. The number of fused-ring (bicyclic) bond motifs is 1. The van der Waals surface area contributed by atoms with Crippen LogP contribution in [0.5, 0.6) is 0 Å². The van der Waals surface area contributed by atoms with Crippen LogP contribution in [0.1, 0.15) is 43.5 Å². The van der Waals surface area contributed by atoms with Crippen molar-refractivity contribution in [1.82, 2.24) is 20.0 Å². The van der Waals surface area contributed by atoms with Crippen molar-refractivity contribution in [3.63, 3.8) is 0 Å². The molecule has 1 fully saturated rings. The Hall–Kier alpha value is -1.50. The summed E-state index contributed by atoms with van der Waals surface area (Å²) in [6, 6.07) is 1.81. The van der Waals surface area contributed by atoms with E-state index in [2.05, 4.69) is 26.1 Å². The van der Waals surface area contributed by atoms with Gasteiger partial charge in [-0.25, -0.2) is 8.78 Å². The molecule has 128 valence electrons. The normalized spacial score (nSPS) is 22.1. The number of aromatic nitrogens is 2. The van der Waals surface area contributed by atoms with Gasteiger partial charge in [0.15, 0.2) is 0 Å². The standard InChI is InChI=1S/C16H24F2N4O/c17-15(18)10-19-16(23)14-6-2-3-7-21(14)11-12-9-13-5-1-4-8-22(13)20-12/h9,14-15H,1-8,10-11H2,(H,19,23)/t14-/m0/s1. The van der Waals surface area contributed by atoms with Crippen LogP contribution >= 0.6 is 0 Å². The number of alkyl halides is 2. The molecule has 1 aromatic heterocycles. The average Bonchev–Trinajstić information content (AvgIpc) is 2.95. The summed E-state index contributed by atoms with van der Waals surface area (Å²) in [5, 5.41) is 7.00. The first-order valence-electron chi connectivity index (χ1n) is 8.49. The summed E-state index contributed by atoms with van der Waals surface area (Å²) in [6.07, 6.45) is 3.64. The molecule has 3 rings (SSSR count). The first kappa shape index (κ1) is 16.4. The molecule has 0 aliphatic carbocycles. The Balaban J connectivity index is 1.64. The number of piperidine rings is 1. The molecule has 3 heterocycles. The second-order valence-corrected chi connectivity index (χ2v) is 6.43. The maximum atomic E-state index is 12.3. The lowest BCUT2D eigenvalue weighted by Crippen LogP contribution is -2.49. The van der Waals surface area contributed by atoms with Crippen LogP contribution in [0.2, 0.25) is 0 Å². The van der Waals surface area contributed by atoms with E-state index in [-0.39, 0.29) is 11.9 Å². The molecule has 2 aliphatic heterocycles. The van der Waals surface area contributed by atoms with E-state index in [0.717, 1.165) is 50.9 Å². The van der Waals surface area contributed by atoms with Gasteiger partial charge in [0.1, 0.15) is 0 Å². The average molecular weight is 326 g/mol. The number of amides is 1.